The monoisotopic (exact) mass is 276 g/mol. The molecule has 2 fully saturated rings. The van der Waals surface area contributed by atoms with E-state index in [1.165, 1.54) is 0 Å². The normalized spacial score (nSPS) is 26.9. The van der Waals surface area contributed by atoms with Crippen LogP contribution in [0.25, 0.3) is 0 Å². The van der Waals surface area contributed by atoms with Gasteiger partial charge in [-0.1, -0.05) is 30.3 Å². The Morgan fingerprint density at radius 2 is 1.90 bits per heavy atom. The molecule has 1 heterocycles. The standard InChI is InChI=1S/C14H16N2O4/c17-13(15-19)12-10-6-16(7-11(10)12)14(18)20-8-9-4-2-1-3-5-9/h1-5,10-12,19H,6-8H2,(H,15,17). The van der Waals surface area contributed by atoms with Gasteiger partial charge >= 0.3 is 6.09 Å². The van der Waals surface area contributed by atoms with Gasteiger partial charge in [-0.25, -0.2) is 10.3 Å². The second-order valence-corrected chi connectivity index (χ2v) is 5.27. The zero-order chi connectivity index (χ0) is 14.1. The van der Waals surface area contributed by atoms with E-state index in [0.717, 1.165) is 5.56 Å². The number of likely N-dealkylation sites (tertiary alicyclic amines) is 1. The molecule has 1 aliphatic carbocycles. The van der Waals surface area contributed by atoms with E-state index in [1.807, 2.05) is 30.3 Å². The lowest BCUT2D eigenvalue weighted by molar-refractivity contribution is -0.131. The number of nitrogens with zero attached hydrogens (tertiary/aromatic N) is 1. The van der Waals surface area contributed by atoms with Crippen LogP contribution in [0.1, 0.15) is 5.56 Å². The van der Waals surface area contributed by atoms with E-state index in [9.17, 15) is 9.59 Å². The molecule has 2 amide bonds. The summed E-state index contributed by atoms with van der Waals surface area (Å²) >= 11 is 0. The number of amides is 2. The van der Waals surface area contributed by atoms with Gasteiger partial charge in [0.25, 0.3) is 0 Å². The molecule has 1 aromatic carbocycles. The highest BCUT2D eigenvalue weighted by molar-refractivity contribution is 5.82. The molecule has 1 aliphatic heterocycles. The van der Waals surface area contributed by atoms with Crippen molar-refractivity contribution >= 4 is 12.0 Å². The highest BCUT2D eigenvalue weighted by Crippen LogP contribution is 2.51. The summed E-state index contributed by atoms with van der Waals surface area (Å²) in [4.78, 5) is 24.8. The maximum Gasteiger partial charge on any atom is 0.410 e. The van der Waals surface area contributed by atoms with Crippen LogP contribution < -0.4 is 5.48 Å². The Morgan fingerprint density at radius 3 is 2.50 bits per heavy atom. The van der Waals surface area contributed by atoms with Crippen LogP contribution in [0.15, 0.2) is 30.3 Å². The lowest BCUT2D eigenvalue weighted by Gasteiger charge is -2.19. The molecular weight excluding hydrogens is 260 g/mol. The highest BCUT2D eigenvalue weighted by Gasteiger charge is 2.60. The Morgan fingerprint density at radius 1 is 1.25 bits per heavy atom. The summed E-state index contributed by atoms with van der Waals surface area (Å²) in [7, 11) is 0. The van der Waals surface area contributed by atoms with E-state index < -0.39 is 0 Å². The van der Waals surface area contributed by atoms with E-state index in [2.05, 4.69) is 0 Å². The molecule has 0 aromatic heterocycles. The lowest BCUT2D eigenvalue weighted by Crippen LogP contribution is -2.34. The zero-order valence-corrected chi connectivity index (χ0v) is 10.9. The molecule has 2 N–H and O–H groups in total. The first-order chi connectivity index (χ1) is 9.70. The lowest BCUT2D eigenvalue weighted by atomic mass is 10.2. The molecule has 0 bridgehead atoms. The Bertz CT molecular complexity index is 507. The maximum absolute atomic E-state index is 11.9. The van der Waals surface area contributed by atoms with Gasteiger partial charge < -0.3 is 9.64 Å². The quantitative estimate of drug-likeness (QED) is 0.638. The molecule has 1 aromatic rings. The number of hydrogen-bond donors (Lipinski definition) is 2. The van der Waals surface area contributed by atoms with Crippen LogP contribution in [-0.4, -0.2) is 35.2 Å². The van der Waals surface area contributed by atoms with Crippen molar-refractivity contribution in [3.8, 4) is 0 Å². The molecule has 0 radical (unpaired) electrons. The molecule has 0 spiro atoms. The Hall–Kier alpha value is -2.08. The van der Waals surface area contributed by atoms with Crippen LogP contribution in [0.4, 0.5) is 4.79 Å². The van der Waals surface area contributed by atoms with Crippen molar-refractivity contribution in [3.05, 3.63) is 35.9 Å². The van der Waals surface area contributed by atoms with Crippen LogP contribution in [0.3, 0.4) is 0 Å². The largest absolute Gasteiger partial charge is 0.445 e. The molecule has 1 saturated carbocycles. The zero-order valence-electron chi connectivity index (χ0n) is 10.9. The van der Waals surface area contributed by atoms with Gasteiger partial charge in [0, 0.05) is 19.0 Å². The molecule has 20 heavy (non-hydrogen) atoms. The van der Waals surface area contributed by atoms with E-state index in [1.54, 1.807) is 10.4 Å². The van der Waals surface area contributed by atoms with Crippen molar-refractivity contribution < 1.29 is 19.5 Å². The summed E-state index contributed by atoms with van der Waals surface area (Å²) in [5, 5.41) is 8.58. The highest BCUT2D eigenvalue weighted by atomic mass is 16.6. The van der Waals surface area contributed by atoms with Crippen molar-refractivity contribution in [1.82, 2.24) is 10.4 Å². The summed E-state index contributed by atoms with van der Waals surface area (Å²) < 4.78 is 5.24. The van der Waals surface area contributed by atoms with Crippen LogP contribution in [-0.2, 0) is 16.1 Å². The van der Waals surface area contributed by atoms with Crippen molar-refractivity contribution in [2.75, 3.05) is 13.1 Å². The number of nitrogens with one attached hydrogen (secondary N) is 1. The maximum atomic E-state index is 11.9. The first kappa shape index (κ1) is 12.9. The predicted octanol–water partition coefficient (Wildman–Crippen LogP) is 1.01. The molecule has 2 atom stereocenters. The number of rotatable bonds is 3. The van der Waals surface area contributed by atoms with Gasteiger partial charge in [0.1, 0.15) is 6.61 Å². The molecule has 2 unspecified atom stereocenters. The van der Waals surface area contributed by atoms with Gasteiger partial charge in [0.05, 0.1) is 0 Å². The predicted molar refractivity (Wildman–Crippen MR) is 68.6 cm³/mol. The van der Waals surface area contributed by atoms with Crippen molar-refractivity contribution in [2.24, 2.45) is 17.8 Å². The number of carbonyl (C=O) groups excluding carboxylic acids is 2. The number of piperidine rings is 1. The number of carbonyl (C=O) groups is 2. The van der Waals surface area contributed by atoms with Gasteiger partial charge in [0.15, 0.2) is 0 Å². The number of benzene rings is 1. The molecular formula is C14H16N2O4. The first-order valence-electron chi connectivity index (χ1n) is 6.60. The average molecular weight is 276 g/mol. The average Bonchev–Trinajstić information content (AvgIpc) is 2.99. The minimum absolute atomic E-state index is 0.154. The SMILES string of the molecule is O=C(NO)C1C2CN(C(=O)OCc3ccccc3)CC21. The Kier molecular flexibility index (Phi) is 3.31. The van der Waals surface area contributed by atoms with Crippen LogP contribution in [0, 0.1) is 17.8 Å². The van der Waals surface area contributed by atoms with Crippen molar-refractivity contribution in [2.45, 2.75) is 6.61 Å². The van der Waals surface area contributed by atoms with Crippen molar-refractivity contribution in [3.63, 3.8) is 0 Å². The van der Waals surface area contributed by atoms with Crippen LogP contribution in [0.2, 0.25) is 0 Å². The number of ether oxygens (including phenoxy) is 1. The van der Waals surface area contributed by atoms with E-state index >= 15 is 0 Å². The number of hydrogen-bond acceptors (Lipinski definition) is 4. The first-order valence-corrected chi connectivity index (χ1v) is 6.60. The molecule has 3 rings (SSSR count). The third-order valence-electron chi connectivity index (χ3n) is 4.07. The topological polar surface area (TPSA) is 78.9 Å². The van der Waals surface area contributed by atoms with Crippen molar-refractivity contribution in [1.29, 1.82) is 0 Å². The second kappa shape index (κ2) is 5.13. The molecule has 1 saturated heterocycles. The van der Waals surface area contributed by atoms with E-state index in [0.29, 0.717) is 13.1 Å². The third kappa shape index (κ3) is 2.34. The minimum Gasteiger partial charge on any atom is -0.445 e. The molecule has 2 aliphatic rings. The number of hydroxylamine groups is 1. The smallest absolute Gasteiger partial charge is 0.410 e. The fourth-order valence-electron chi connectivity index (χ4n) is 2.95. The Balaban J connectivity index is 1.46. The minimum atomic E-state index is -0.350. The van der Waals surface area contributed by atoms with Gasteiger partial charge in [-0.3, -0.25) is 10.0 Å². The van der Waals surface area contributed by atoms with Crippen LogP contribution >= 0.6 is 0 Å². The third-order valence-corrected chi connectivity index (χ3v) is 4.07. The fourth-order valence-corrected chi connectivity index (χ4v) is 2.95. The van der Waals surface area contributed by atoms with Crippen LogP contribution in [0.5, 0.6) is 0 Å². The van der Waals surface area contributed by atoms with Gasteiger partial charge in [-0.15, -0.1) is 0 Å². The number of fused-ring (bicyclic) bond motifs is 1. The summed E-state index contributed by atoms with van der Waals surface area (Å²) in [6, 6.07) is 9.50. The van der Waals surface area contributed by atoms with Gasteiger partial charge in [-0.2, -0.15) is 0 Å². The summed E-state index contributed by atoms with van der Waals surface area (Å²) in [5.74, 6) is -0.187. The second-order valence-electron chi connectivity index (χ2n) is 5.27. The Labute approximate surface area is 116 Å². The summed E-state index contributed by atoms with van der Waals surface area (Å²) in [5.41, 5.74) is 2.62. The fraction of sp³-hybridized carbons (Fsp3) is 0.429. The molecule has 6 nitrogen and oxygen atoms in total. The van der Waals surface area contributed by atoms with Gasteiger partial charge in [0.2, 0.25) is 5.91 Å². The summed E-state index contributed by atoms with van der Waals surface area (Å²) in [6.45, 7) is 1.30. The molecule has 106 valence electrons. The summed E-state index contributed by atoms with van der Waals surface area (Å²) in [6.07, 6.45) is -0.343. The van der Waals surface area contributed by atoms with Gasteiger partial charge in [-0.05, 0) is 17.4 Å². The van der Waals surface area contributed by atoms with E-state index in [-0.39, 0.29) is 36.4 Å². The molecule has 6 heteroatoms. The van der Waals surface area contributed by atoms with E-state index in [4.69, 9.17) is 9.94 Å².